The monoisotopic (exact) mass is 733 g/mol. The van der Waals surface area contributed by atoms with Gasteiger partial charge in [-0.3, -0.25) is 0 Å². The van der Waals surface area contributed by atoms with E-state index in [1.807, 2.05) is 79.7 Å². The van der Waals surface area contributed by atoms with Crippen molar-refractivity contribution in [3.63, 3.8) is 0 Å². The van der Waals surface area contributed by atoms with Crippen LogP contribution in [0.4, 0.5) is 0 Å². The summed E-state index contributed by atoms with van der Waals surface area (Å²) in [5.41, 5.74) is 12.5. The molecule has 0 amide bonds. The third kappa shape index (κ3) is 8.82. The summed E-state index contributed by atoms with van der Waals surface area (Å²) in [5.74, 6) is -1.55. The number of hydrogen-bond donors (Lipinski definition) is 0. The molecule has 2 saturated heterocycles. The van der Waals surface area contributed by atoms with Gasteiger partial charge in [-0.1, -0.05) is 109 Å². The first kappa shape index (κ1) is 37.3. The van der Waals surface area contributed by atoms with Gasteiger partial charge in [-0.2, -0.15) is 0 Å². The van der Waals surface area contributed by atoms with Crippen LogP contribution in [0.15, 0.2) is 126 Å². The van der Waals surface area contributed by atoms with Crippen LogP contribution in [0.1, 0.15) is 45.2 Å². The summed E-state index contributed by atoms with van der Waals surface area (Å²) in [5, 5.41) is 4.18. The van der Waals surface area contributed by atoms with Crippen molar-refractivity contribution < 1.29 is 42.7 Å². The van der Waals surface area contributed by atoms with Gasteiger partial charge in [0.1, 0.15) is 18.8 Å². The Morgan fingerprint density at radius 2 is 1.30 bits per heavy atom. The van der Waals surface area contributed by atoms with Gasteiger partial charge in [0.25, 0.3) is 0 Å². The Balaban J connectivity index is 1.18. The van der Waals surface area contributed by atoms with Crippen LogP contribution in [0, 0.1) is 11.8 Å². The zero-order valence-corrected chi connectivity index (χ0v) is 29.9. The highest BCUT2D eigenvalue weighted by atomic mass is 16.7. The van der Waals surface area contributed by atoms with Gasteiger partial charge in [-0.05, 0) is 47.3 Å². The minimum Gasteiger partial charge on any atom is -0.459 e. The number of carbonyl (C=O) groups is 2. The topological polar surface area (TPSA) is 148 Å². The number of nitrogens with zero attached hydrogens (tertiary/aromatic N) is 3. The summed E-state index contributed by atoms with van der Waals surface area (Å²) in [4.78, 5) is 29.7. The average Bonchev–Trinajstić information content (AvgIpc) is 3.66. The van der Waals surface area contributed by atoms with Gasteiger partial charge < -0.3 is 33.2 Å². The molecule has 0 spiro atoms. The van der Waals surface area contributed by atoms with Crippen LogP contribution >= 0.6 is 0 Å². The van der Waals surface area contributed by atoms with Crippen molar-refractivity contribution in [3.05, 3.63) is 154 Å². The largest absolute Gasteiger partial charge is 0.459 e. The third-order valence-electron chi connectivity index (χ3n) is 10.3. The molecule has 54 heavy (non-hydrogen) atoms. The molecule has 12 heteroatoms. The third-order valence-corrected chi connectivity index (χ3v) is 10.3. The molecule has 2 aliphatic heterocycles. The maximum absolute atomic E-state index is 13.5. The fraction of sp³-hybridized carbons (Fsp3) is 0.381. The number of esters is 2. The Morgan fingerprint density at radius 1 is 0.741 bits per heavy atom. The fourth-order valence-electron chi connectivity index (χ4n) is 7.38. The lowest BCUT2D eigenvalue weighted by Gasteiger charge is -2.47. The minimum absolute atomic E-state index is 0.104. The van der Waals surface area contributed by atoms with E-state index in [2.05, 4.69) is 10.0 Å². The van der Waals surface area contributed by atoms with Crippen molar-refractivity contribution in [2.75, 3.05) is 13.2 Å². The Bertz CT molecular complexity index is 1860. The van der Waals surface area contributed by atoms with Crippen LogP contribution in [0.5, 0.6) is 0 Å². The summed E-state index contributed by atoms with van der Waals surface area (Å²) in [6.07, 6.45) is -4.71. The average molecular weight is 734 g/mol. The quantitative estimate of drug-likeness (QED) is 0.0574. The highest BCUT2D eigenvalue weighted by Crippen LogP contribution is 2.42. The van der Waals surface area contributed by atoms with E-state index < -0.39 is 60.9 Å². The van der Waals surface area contributed by atoms with Crippen molar-refractivity contribution in [2.45, 2.75) is 75.5 Å². The lowest BCUT2D eigenvalue weighted by Crippen LogP contribution is -2.60. The zero-order valence-electron chi connectivity index (χ0n) is 29.9. The molecule has 2 heterocycles. The molecule has 2 bridgehead atoms. The second kappa shape index (κ2) is 17.8. The fourth-order valence-corrected chi connectivity index (χ4v) is 7.38. The number of fused-ring (bicyclic) bond motifs is 2. The van der Waals surface area contributed by atoms with E-state index in [9.17, 15) is 15.1 Å². The van der Waals surface area contributed by atoms with Gasteiger partial charge in [-0.25, -0.2) is 9.59 Å². The Kier molecular flexibility index (Phi) is 12.3. The van der Waals surface area contributed by atoms with Crippen molar-refractivity contribution in [3.8, 4) is 0 Å². The standard InChI is InChI=1S/C42H43N3O9/c1-27-34(26-51-40(46)30-18-10-4-11-19-30)52-42(35(44-45-43)36(27)49-23-28-14-6-2-7-15-28)54-37-32-22-33(48-25-32)38(53-41(47)31-20-12-5-13-21-31)39(37)50-24-29-16-8-3-9-17-29/h2-21,27,32-39,42H,22-26H2,1H3/t27?,32?,33?,34?,35-,36+,37?,38+,39-,42?/m0/s1. The molecule has 3 aliphatic rings. The van der Waals surface area contributed by atoms with Gasteiger partial charge in [0.05, 0.1) is 55.4 Å². The van der Waals surface area contributed by atoms with Crippen molar-refractivity contribution in [1.29, 1.82) is 0 Å². The molecule has 6 unspecified atom stereocenters. The molecular formula is C42H43N3O9. The summed E-state index contributed by atoms with van der Waals surface area (Å²) in [6, 6.07) is 35.9. The molecule has 10 atom stereocenters. The van der Waals surface area contributed by atoms with Gasteiger partial charge in [0, 0.05) is 16.7 Å². The molecule has 4 aromatic rings. The van der Waals surface area contributed by atoms with Crippen molar-refractivity contribution >= 4 is 11.9 Å². The maximum atomic E-state index is 13.5. The first-order valence-electron chi connectivity index (χ1n) is 18.2. The maximum Gasteiger partial charge on any atom is 0.338 e. The lowest BCUT2D eigenvalue weighted by molar-refractivity contribution is -0.295. The van der Waals surface area contributed by atoms with Gasteiger partial charge in [0.2, 0.25) is 0 Å². The minimum atomic E-state index is -1.14. The van der Waals surface area contributed by atoms with Crippen LogP contribution in [-0.2, 0) is 46.4 Å². The predicted octanol–water partition coefficient (Wildman–Crippen LogP) is 7.08. The first-order chi connectivity index (χ1) is 26.5. The van der Waals surface area contributed by atoms with E-state index in [0.717, 1.165) is 11.1 Å². The summed E-state index contributed by atoms with van der Waals surface area (Å²) < 4.78 is 44.8. The Labute approximate surface area is 313 Å². The lowest BCUT2D eigenvalue weighted by atomic mass is 9.82. The molecule has 0 N–H and O–H groups in total. The van der Waals surface area contributed by atoms with Crippen LogP contribution in [0.2, 0.25) is 0 Å². The van der Waals surface area contributed by atoms with Gasteiger partial charge in [-0.15, -0.1) is 0 Å². The summed E-state index contributed by atoms with van der Waals surface area (Å²) in [7, 11) is 0. The normalized spacial score (nSPS) is 28.8. The molecule has 1 aliphatic carbocycles. The second-order valence-electron chi connectivity index (χ2n) is 13.8. The SMILES string of the molecule is CC1C(COC(=O)c2ccccc2)OC(OC2C3COC(C3)[C@@H](OC(=O)c3ccccc3)[C@H]2OCc2ccccc2)[C@@H](N=[N+]=[N-])[C@@H]1OCc1ccccc1. The molecule has 12 nitrogen and oxygen atoms in total. The predicted molar refractivity (Wildman–Crippen MR) is 196 cm³/mol. The van der Waals surface area contributed by atoms with E-state index in [0.29, 0.717) is 24.2 Å². The van der Waals surface area contributed by atoms with Crippen LogP contribution in [-0.4, -0.2) is 74.1 Å². The smallest absolute Gasteiger partial charge is 0.338 e. The van der Waals surface area contributed by atoms with Gasteiger partial charge in [0.15, 0.2) is 12.4 Å². The van der Waals surface area contributed by atoms with Crippen LogP contribution in [0.3, 0.4) is 0 Å². The number of benzene rings is 4. The molecule has 3 fully saturated rings. The number of ether oxygens (including phenoxy) is 7. The highest BCUT2D eigenvalue weighted by molar-refractivity contribution is 5.89. The highest BCUT2D eigenvalue weighted by Gasteiger charge is 2.55. The molecule has 0 aromatic heterocycles. The van der Waals surface area contributed by atoms with Crippen molar-refractivity contribution in [2.24, 2.45) is 17.0 Å². The number of rotatable bonds is 14. The van der Waals surface area contributed by atoms with E-state index in [-0.39, 0.29) is 31.7 Å². The molecular weight excluding hydrogens is 690 g/mol. The Hall–Kier alpha value is -5.07. The van der Waals surface area contributed by atoms with Crippen molar-refractivity contribution in [1.82, 2.24) is 0 Å². The number of hydrogen-bond acceptors (Lipinski definition) is 10. The molecule has 0 radical (unpaired) electrons. The summed E-state index contributed by atoms with van der Waals surface area (Å²) in [6.45, 7) is 2.59. The van der Waals surface area contributed by atoms with Crippen LogP contribution < -0.4 is 0 Å². The number of azide groups is 1. The number of carbonyl (C=O) groups excluding carboxylic acids is 2. The summed E-state index contributed by atoms with van der Waals surface area (Å²) >= 11 is 0. The molecule has 4 aromatic carbocycles. The molecule has 7 rings (SSSR count). The second-order valence-corrected chi connectivity index (χ2v) is 13.8. The van der Waals surface area contributed by atoms with E-state index in [1.165, 1.54) is 0 Å². The van der Waals surface area contributed by atoms with Gasteiger partial charge >= 0.3 is 11.9 Å². The van der Waals surface area contributed by atoms with E-state index in [4.69, 9.17) is 33.2 Å². The Morgan fingerprint density at radius 3 is 1.89 bits per heavy atom. The van der Waals surface area contributed by atoms with Crippen LogP contribution in [0.25, 0.3) is 10.4 Å². The first-order valence-corrected chi connectivity index (χ1v) is 18.2. The molecule has 1 saturated carbocycles. The van der Waals surface area contributed by atoms with E-state index >= 15 is 0 Å². The molecule has 280 valence electrons. The zero-order chi connectivity index (χ0) is 37.3. The van der Waals surface area contributed by atoms with E-state index in [1.54, 1.807) is 48.5 Å².